The van der Waals surface area contributed by atoms with E-state index in [2.05, 4.69) is 4.98 Å². The lowest BCUT2D eigenvalue weighted by molar-refractivity contribution is -0.118. The number of benzene rings is 3. The number of hydrogen-bond donors (Lipinski definition) is 1. The minimum Gasteiger partial charge on any atom is -0.493 e. The van der Waals surface area contributed by atoms with Crippen LogP contribution in [0.5, 0.6) is 11.5 Å². The third kappa shape index (κ3) is 5.22. The Labute approximate surface area is 233 Å². The summed E-state index contributed by atoms with van der Waals surface area (Å²) in [6, 6.07) is 22.1. The quantitative estimate of drug-likeness (QED) is 0.290. The predicted octanol–water partition coefficient (Wildman–Crippen LogP) is 6.47. The SMILES string of the molecule is COc1cc2c(cc1OC(C)C)C(c1ccc(Cl)cc1)N(c1ccc([C@](C)(O)c3cccnc3)cc1)C(=O)C2. The fourth-order valence-corrected chi connectivity index (χ4v) is 5.22. The van der Waals surface area contributed by atoms with Gasteiger partial charge in [-0.1, -0.05) is 41.9 Å². The molecule has 0 bridgehead atoms. The maximum atomic E-state index is 13.7. The molecule has 0 radical (unpaired) electrons. The Balaban J connectivity index is 1.61. The molecular weight excluding hydrogens is 512 g/mol. The highest BCUT2D eigenvalue weighted by Crippen LogP contribution is 2.44. The Kier molecular flexibility index (Phi) is 7.34. The smallest absolute Gasteiger partial charge is 0.232 e. The van der Waals surface area contributed by atoms with Crippen molar-refractivity contribution < 1.29 is 19.4 Å². The van der Waals surface area contributed by atoms with Crippen LogP contribution in [0, 0.1) is 0 Å². The predicted molar refractivity (Wildman–Crippen MR) is 153 cm³/mol. The molecule has 1 aliphatic heterocycles. The van der Waals surface area contributed by atoms with Crippen LogP contribution in [0.4, 0.5) is 5.69 Å². The van der Waals surface area contributed by atoms with Gasteiger partial charge in [0.05, 0.1) is 25.7 Å². The Morgan fingerprint density at radius 1 is 1.03 bits per heavy atom. The first kappa shape index (κ1) is 26.7. The van der Waals surface area contributed by atoms with Gasteiger partial charge in [-0.3, -0.25) is 9.78 Å². The molecule has 1 amide bonds. The van der Waals surface area contributed by atoms with Crippen molar-refractivity contribution >= 4 is 23.2 Å². The number of nitrogens with zero attached hydrogens (tertiary/aromatic N) is 2. The number of pyridine rings is 1. The van der Waals surface area contributed by atoms with Crippen LogP contribution >= 0.6 is 11.6 Å². The topological polar surface area (TPSA) is 71.9 Å². The molecule has 0 fully saturated rings. The van der Waals surface area contributed by atoms with Crippen LogP contribution in [-0.2, 0) is 16.8 Å². The third-order valence-electron chi connectivity index (χ3n) is 7.07. The molecule has 39 heavy (non-hydrogen) atoms. The number of methoxy groups -OCH3 is 1. The van der Waals surface area contributed by atoms with Gasteiger partial charge in [-0.15, -0.1) is 0 Å². The van der Waals surface area contributed by atoms with Gasteiger partial charge in [-0.2, -0.15) is 0 Å². The highest BCUT2D eigenvalue weighted by Gasteiger charge is 2.36. The number of fused-ring (bicyclic) bond motifs is 1. The minimum atomic E-state index is -1.24. The average Bonchev–Trinajstić information content (AvgIpc) is 2.93. The zero-order chi connectivity index (χ0) is 27.7. The summed E-state index contributed by atoms with van der Waals surface area (Å²) < 4.78 is 11.7. The number of aliphatic hydroxyl groups is 1. The fraction of sp³-hybridized carbons (Fsp3) is 0.250. The van der Waals surface area contributed by atoms with Gasteiger partial charge in [0.2, 0.25) is 5.91 Å². The molecule has 4 aromatic rings. The van der Waals surface area contributed by atoms with E-state index in [9.17, 15) is 9.90 Å². The Morgan fingerprint density at radius 3 is 2.36 bits per heavy atom. The first-order valence-corrected chi connectivity index (χ1v) is 13.2. The number of ether oxygens (including phenoxy) is 2. The number of carbonyl (C=O) groups is 1. The second-order valence-electron chi connectivity index (χ2n) is 10.1. The number of aromatic nitrogens is 1. The van der Waals surface area contributed by atoms with Crippen LogP contribution < -0.4 is 14.4 Å². The van der Waals surface area contributed by atoms with Crippen molar-refractivity contribution in [3.8, 4) is 11.5 Å². The molecule has 3 aromatic carbocycles. The van der Waals surface area contributed by atoms with Crippen molar-refractivity contribution in [2.75, 3.05) is 12.0 Å². The fourth-order valence-electron chi connectivity index (χ4n) is 5.09. The molecule has 6 nitrogen and oxygen atoms in total. The first-order valence-electron chi connectivity index (χ1n) is 12.9. The van der Waals surface area contributed by atoms with Gasteiger partial charge in [-0.25, -0.2) is 0 Å². The lowest BCUT2D eigenvalue weighted by Gasteiger charge is -2.38. The van der Waals surface area contributed by atoms with E-state index >= 15 is 0 Å². The monoisotopic (exact) mass is 542 g/mol. The number of anilines is 1. The molecular formula is C32H31ClN2O4. The molecule has 0 spiro atoms. The first-order chi connectivity index (χ1) is 18.7. The highest BCUT2D eigenvalue weighted by atomic mass is 35.5. The van der Waals surface area contributed by atoms with Crippen molar-refractivity contribution in [2.24, 2.45) is 0 Å². The molecule has 2 atom stereocenters. The summed E-state index contributed by atoms with van der Waals surface area (Å²) in [6.07, 6.45) is 3.49. The van der Waals surface area contributed by atoms with Crippen LogP contribution in [0.2, 0.25) is 5.02 Å². The van der Waals surface area contributed by atoms with Gasteiger partial charge in [0.1, 0.15) is 5.60 Å². The summed E-state index contributed by atoms with van der Waals surface area (Å²) in [7, 11) is 1.60. The number of rotatable bonds is 7. The molecule has 0 aliphatic carbocycles. The van der Waals surface area contributed by atoms with Crippen LogP contribution in [0.15, 0.2) is 85.2 Å². The summed E-state index contributed by atoms with van der Waals surface area (Å²) in [5.41, 5.74) is 3.64. The van der Waals surface area contributed by atoms with Crippen molar-refractivity contribution in [3.63, 3.8) is 0 Å². The lowest BCUT2D eigenvalue weighted by Crippen LogP contribution is -2.41. The van der Waals surface area contributed by atoms with Gasteiger partial charge >= 0.3 is 0 Å². The average molecular weight is 543 g/mol. The second kappa shape index (κ2) is 10.7. The molecule has 7 heteroatoms. The van der Waals surface area contributed by atoms with E-state index in [0.29, 0.717) is 27.6 Å². The van der Waals surface area contributed by atoms with E-state index in [-0.39, 0.29) is 18.4 Å². The van der Waals surface area contributed by atoms with Gasteiger partial charge < -0.3 is 19.5 Å². The van der Waals surface area contributed by atoms with E-state index in [1.165, 1.54) is 0 Å². The summed E-state index contributed by atoms with van der Waals surface area (Å²) in [5, 5.41) is 11.9. The van der Waals surface area contributed by atoms with E-state index in [1.54, 1.807) is 37.4 Å². The second-order valence-corrected chi connectivity index (χ2v) is 10.6. The maximum Gasteiger partial charge on any atom is 0.232 e. The zero-order valence-electron chi connectivity index (χ0n) is 22.4. The summed E-state index contributed by atoms with van der Waals surface area (Å²) in [6.45, 7) is 5.67. The van der Waals surface area contributed by atoms with Gasteiger partial charge in [-0.05, 0) is 85.5 Å². The molecule has 1 aliphatic rings. The van der Waals surface area contributed by atoms with E-state index in [1.807, 2.05) is 80.6 Å². The largest absolute Gasteiger partial charge is 0.493 e. The van der Waals surface area contributed by atoms with Crippen LogP contribution in [0.25, 0.3) is 0 Å². The van der Waals surface area contributed by atoms with Gasteiger partial charge in [0.15, 0.2) is 11.5 Å². The normalized spacial score (nSPS) is 16.5. The summed E-state index contributed by atoms with van der Waals surface area (Å²) in [4.78, 5) is 19.7. The van der Waals surface area contributed by atoms with E-state index in [0.717, 1.165) is 22.4 Å². The lowest BCUT2D eigenvalue weighted by atomic mass is 9.86. The number of amides is 1. The molecule has 2 heterocycles. The summed E-state index contributed by atoms with van der Waals surface area (Å²) >= 11 is 6.22. The molecule has 0 saturated carbocycles. The van der Waals surface area contributed by atoms with Gasteiger partial charge in [0, 0.05) is 28.7 Å². The molecule has 5 rings (SSSR count). The maximum absolute atomic E-state index is 13.7. The van der Waals surface area contributed by atoms with Crippen LogP contribution in [-0.4, -0.2) is 29.2 Å². The highest BCUT2D eigenvalue weighted by molar-refractivity contribution is 6.30. The van der Waals surface area contributed by atoms with Crippen LogP contribution in [0.1, 0.15) is 54.6 Å². The Bertz CT molecular complexity index is 1470. The Hall–Kier alpha value is -3.87. The number of carbonyl (C=O) groups excluding carboxylic acids is 1. The summed E-state index contributed by atoms with van der Waals surface area (Å²) in [5.74, 6) is 1.18. The van der Waals surface area contributed by atoms with Crippen molar-refractivity contribution in [1.29, 1.82) is 0 Å². The van der Waals surface area contributed by atoms with E-state index < -0.39 is 11.6 Å². The van der Waals surface area contributed by atoms with E-state index in [4.69, 9.17) is 21.1 Å². The van der Waals surface area contributed by atoms with Gasteiger partial charge in [0.25, 0.3) is 0 Å². The molecule has 1 aromatic heterocycles. The molecule has 200 valence electrons. The van der Waals surface area contributed by atoms with Crippen molar-refractivity contribution in [2.45, 2.75) is 44.9 Å². The third-order valence-corrected chi connectivity index (χ3v) is 7.32. The number of hydrogen-bond acceptors (Lipinski definition) is 5. The number of halogens is 1. The zero-order valence-corrected chi connectivity index (χ0v) is 23.1. The van der Waals surface area contributed by atoms with Crippen molar-refractivity contribution in [1.82, 2.24) is 4.98 Å². The molecule has 1 unspecified atom stereocenters. The molecule has 0 saturated heterocycles. The minimum absolute atomic E-state index is 0.0474. The van der Waals surface area contributed by atoms with Crippen molar-refractivity contribution in [3.05, 3.63) is 118 Å². The Morgan fingerprint density at radius 2 is 1.74 bits per heavy atom. The standard InChI is InChI=1S/C32H31ClN2O4/c1-20(2)39-29-18-27-22(16-28(29)38-4)17-30(36)35(31(27)21-7-11-25(33)12-8-21)26-13-9-23(10-14-26)32(3,37)24-6-5-15-34-19-24/h5-16,18-20,31,37H,17H2,1-4H3/t31?,32-/m0/s1. The van der Waals surface area contributed by atoms with Crippen LogP contribution in [0.3, 0.4) is 0 Å². The molecule has 1 N–H and O–H groups in total.